The second-order valence-electron chi connectivity index (χ2n) is 3.82. The molecule has 22 heavy (non-hydrogen) atoms. The van der Waals surface area contributed by atoms with Gasteiger partial charge in [0, 0.05) is 0 Å². The second kappa shape index (κ2) is 8.59. The molecular formula is C8H4I6N6O2. The van der Waals surface area contributed by atoms with Crippen molar-refractivity contribution in [1.29, 1.82) is 0 Å². The Hall–Kier alpha value is 2.00. The Morgan fingerprint density at radius 2 is 1.27 bits per heavy atom. The third-order valence-corrected chi connectivity index (χ3v) is 12.3. The number of hydrogen-bond donors (Lipinski definition) is 0. The van der Waals surface area contributed by atoms with Gasteiger partial charge in [-0.2, -0.15) is 10.2 Å². The van der Waals surface area contributed by atoms with Gasteiger partial charge >= 0.3 is 0 Å². The predicted molar refractivity (Wildman–Crippen MR) is 130 cm³/mol. The molecule has 0 unspecified atom stereocenters. The molecule has 0 spiro atoms. The first-order valence-electron chi connectivity index (χ1n) is 5.26. The molecule has 2 heterocycles. The van der Waals surface area contributed by atoms with Gasteiger partial charge in [0.25, 0.3) is 0 Å². The fourth-order valence-corrected chi connectivity index (χ4v) is 5.30. The fourth-order valence-electron chi connectivity index (χ4n) is 1.43. The highest BCUT2D eigenvalue weighted by molar-refractivity contribution is 14.1. The molecule has 0 saturated heterocycles. The van der Waals surface area contributed by atoms with Crippen molar-refractivity contribution in [3.8, 4) is 0 Å². The smallest absolute Gasteiger partial charge is 0.174 e. The summed E-state index contributed by atoms with van der Waals surface area (Å²) < 4.78 is 8.69. The van der Waals surface area contributed by atoms with Crippen LogP contribution in [0.2, 0.25) is 0 Å². The van der Waals surface area contributed by atoms with Crippen molar-refractivity contribution in [3.05, 3.63) is 32.1 Å². The quantitative estimate of drug-likeness (QED) is 0.259. The van der Waals surface area contributed by atoms with Crippen molar-refractivity contribution in [2.45, 2.75) is 13.3 Å². The van der Waals surface area contributed by atoms with Crippen LogP contribution in [0.25, 0.3) is 0 Å². The molecular weight excluding hydrogens is 974 g/mol. The molecule has 0 saturated carbocycles. The number of hydrazine groups is 1. The van der Waals surface area contributed by atoms with Crippen LogP contribution in [0, 0.1) is 32.1 Å². The summed E-state index contributed by atoms with van der Waals surface area (Å²) in [6, 6.07) is 0. The second-order valence-corrected chi connectivity index (χ2v) is 10.1. The molecule has 14 heteroatoms. The number of rotatable bonds is 5. The van der Waals surface area contributed by atoms with Gasteiger partial charge in [0.1, 0.15) is 14.8 Å². The van der Waals surface area contributed by atoms with Gasteiger partial charge in [-0.3, -0.25) is 0 Å². The Balaban J connectivity index is 2.25. The zero-order valence-corrected chi connectivity index (χ0v) is 23.1. The van der Waals surface area contributed by atoms with E-state index >= 15 is 0 Å². The van der Waals surface area contributed by atoms with Gasteiger partial charge in [0.05, 0.1) is 7.14 Å². The molecule has 0 aromatic carbocycles. The van der Waals surface area contributed by atoms with E-state index in [0.717, 1.165) is 27.0 Å². The topological polar surface area (TPSA) is 82.0 Å². The van der Waals surface area contributed by atoms with Gasteiger partial charge in [-0.25, -0.2) is 19.5 Å². The third-order valence-electron chi connectivity index (χ3n) is 2.42. The summed E-state index contributed by atoms with van der Waals surface area (Å²) in [5.74, 6) is 0. The molecule has 0 atom stereocenters. The van der Waals surface area contributed by atoms with E-state index in [4.69, 9.17) is 0 Å². The van der Waals surface area contributed by atoms with Crippen LogP contribution in [0.5, 0.6) is 0 Å². The molecule has 0 N–H and O–H groups in total. The lowest BCUT2D eigenvalue weighted by molar-refractivity contribution is -0.671. The molecule has 0 bridgehead atoms. The lowest BCUT2D eigenvalue weighted by Crippen LogP contribution is -2.35. The van der Waals surface area contributed by atoms with Crippen LogP contribution in [0.15, 0.2) is 0 Å². The van der Waals surface area contributed by atoms with Crippen LogP contribution in [-0.2, 0) is 13.3 Å². The van der Waals surface area contributed by atoms with E-state index in [-0.39, 0.29) is 13.3 Å². The summed E-state index contributed by atoms with van der Waals surface area (Å²) in [6.45, 7) is 0.126. The molecule has 0 aliphatic heterocycles. The molecule has 0 aliphatic carbocycles. The number of nitro groups is 1. The van der Waals surface area contributed by atoms with E-state index in [1.54, 1.807) is 9.36 Å². The summed E-state index contributed by atoms with van der Waals surface area (Å²) in [6.07, 6.45) is 0. The van der Waals surface area contributed by atoms with Crippen molar-refractivity contribution in [2.75, 3.05) is 0 Å². The maximum Gasteiger partial charge on any atom is 0.174 e. The van der Waals surface area contributed by atoms with E-state index in [1.807, 2.05) is 0 Å². The number of aromatic nitrogens is 4. The molecule has 2 aromatic heterocycles. The minimum atomic E-state index is -0.422. The summed E-state index contributed by atoms with van der Waals surface area (Å²) in [5, 5.41) is 20.7. The average Bonchev–Trinajstić information content (AvgIpc) is 2.84. The normalized spacial score (nSPS) is 11.0. The van der Waals surface area contributed by atoms with Crippen LogP contribution in [0.4, 0.5) is 0 Å². The van der Waals surface area contributed by atoms with Gasteiger partial charge in [-0.15, -0.1) is 0 Å². The average molecular weight is 978 g/mol. The fraction of sp³-hybridized carbons (Fsp3) is 0.250. The molecule has 0 radical (unpaired) electrons. The maximum atomic E-state index is 11.4. The highest BCUT2D eigenvalue weighted by Gasteiger charge is 2.22. The summed E-state index contributed by atoms with van der Waals surface area (Å²) >= 11 is 12.9. The molecule has 2 aromatic rings. The SMILES string of the molecule is O=[N+]([O-])N(Cn1nc(I)c(I)c1I)Cn1nc(I)c(I)c1I. The Morgan fingerprint density at radius 3 is 1.50 bits per heavy atom. The Morgan fingerprint density at radius 1 is 0.909 bits per heavy atom. The largest absolute Gasteiger partial charge is 0.235 e. The van der Waals surface area contributed by atoms with E-state index in [2.05, 4.69) is 146 Å². The van der Waals surface area contributed by atoms with E-state index < -0.39 is 5.03 Å². The third kappa shape index (κ3) is 4.59. The summed E-state index contributed by atoms with van der Waals surface area (Å²) in [7, 11) is 0. The van der Waals surface area contributed by atoms with E-state index in [9.17, 15) is 10.1 Å². The Bertz CT molecular complexity index is 675. The van der Waals surface area contributed by atoms with Crippen LogP contribution in [-0.4, -0.2) is 29.6 Å². The standard InChI is InChI=1S/C8H4I6N6O2/c9-3-5(11)15-18(7(3)13)1-17(20(21)22)2-19-8(14)4(10)6(12)16-19/h1-2H2. The van der Waals surface area contributed by atoms with Gasteiger partial charge in [-0.05, 0) is 136 Å². The number of hydrogen-bond acceptors (Lipinski definition) is 4. The van der Waals surface area contributed by atoms with Crippen molar-refractivity contribution in [3.63, 3.8) is 0 Å². The first-order valence-corrected chi connectivity index (χ1v) is 11.7. The van der Waals surface area contributed by atoms with Crippen LogP contribution < -0.4 is 0 Å². The van der Waals surface area contributed by atoms with E-state index in [0.29, 0.717) is 0 Å². The monoisotopic (exact) mass is 977 g/mol. The van der Waals surface area contributed by atoms with Crippen molar-refractivity contribution in [1.82, 2.24) is 24.6 Å². The number of nitrogens with zero attached hydrogens (tertiary/aromatic N) is 6. The molecule has 120 valence electrons. The predicted octanol–water partition coefficient (Wildman–Crippen LogP) is 3.82. The highest BCUT2D eigenvalue weighted by atomic mass is 127. The first-order chi connectivity index (χ1) is 10.2. The van der Waals surface area contributed by atoms with Crippen LogP contribution >= 0.6 is 136 Å². The minimum Gasteiger partial charge on any atom is -0.235 e. The Labute approximate surface area is 206 Å². The minimum absolute atomic E-state index is 0.0629. The molecule has 0 amide bonds. The van der Waals surface area contributed by atoms with Gasteiger partial charge in [0.2, 0.25) is 0 Å². The van der Waals surface area contributed by atoms with Gasteiger partial charge < -0.3 is 0 Å². The maximum absolute atomic E-state index is 11.4. The number of halogens is 6. The summed E-state index contributed by atoms with van der Waals surface area (Å²) in [5.41, 5.74) is 0. The summed E-state index contributed by atoms with van der Waals surface area (Å²) in [4.78, 5) is 11.4. The van der Waals surface area contributed by atoms with Crippen molar-refractivity contribution < 1.29 is 5.03 Å². The van der Waals surface area contributed by atoms with Crippen molar-refractivity contribution in [2.24, 2.45) is 0 Å². The molecule has 0 aliphatic rings. The highest BCUT2D eigenvalue weighted by Crippen LogP contribution is 2.22. The van der Waals surface area contributed by atoms with Crippen molar-refractivity contribution >= 4 is 136 Å². The van der Waals surface area contributed by atoms with Crippen LogP contribution in [0.1, 0.15) is 0 Å². The van der Waals surface area contributed by atoms with Gasteiger partial charge in [0.15, 0.2) is 18.4 Å². The van der Waals surface area contributed by atoms with Gasteiger partial charge in [-0.1, -0.05) is 5.01 Å². The van der Waals surface area contributed by atoms with Crippen LogP contribution in [0.3, 0.4) is 0 Å². The van der Waals surface area contributed by atoms with E-state index in [1.165, 1.54) is 0 Å². The lowest BCUT2D eigenvalue weighted by Gasteiger charge is -2.15. The molecule has 2 rings (SSSR count). The zero-order chi connectivity index (χ0) is 16.6. The zero-order valence-electron chi connectivity index (χ0n) is 10.2. The molecule has 0 fully saturated rings. The first kappa shape index (κ1) is 20.3. The molecule has 8 nitrogen and oxygen atoms in total. The lowest BCUT2D eigenvalue weighted by atomic mass is 10.7. The Kier molecular flexibility index (Phi) is 7.93.